The van der Waals surface area contributed by atoms with Gasteiger partial charge in [0.2, 0.25) is 0 Å². The first-order chi connectivity index (χ1) is 10.3. The Balaban J connectivity index is 1.71. The molecule has 1 aliphatic rings. The fourth-order valence-electron chi connectivity index (χ4n) is 2.51. The first kappa shape index (κ1) is 13.9. The number of ether oxygens (including phenoxy) is 2. The van der Waals surface area contributed by atoms with Gasteiger partial charge in [-0.1, -0.05) is 42.0 Å². The Bertz CT molecular complexity index is 598. The van der Waals surface area contributed by atoms with Crippen molar-refractivity contribution in [3.8, 4) is 11.5 Å². The Labute approximate surface area is 124 Å². The third kappa shape index (κ3) is 3.17. The first-order valence-electron chi connectivity index (χ1n) is 7.16. The number of rotatable bonds is 4. The molecule has 3 rings (SSSR count). The second kappa shape index (κ2) is 6.16. The van der Waals surface area contributed by atoms with Gasteiger partial charge in [-0.15, -0.1) is 0 Å². The van der Waals surface area contributed by atoms with Crippen molar-refractivity contribution in [2.45, 2.75) is 25.5 Å². The second-order valence-corrected chi connectivity index (χ2v) is 5.38. The van der Waals surface area contributed by atoms with Crippen molar-refractivity contribution in [3.05, 3.63) is 59.7 Å². The van der Waals surface area contributed by atoms with Gasteiger partial charge in [0.1, 0.15) is 12.7 Å². The first-order valence-corrected chi connectivity index (χ1v) is 7.16. The number of benzene rings is 2. The SMILES string of the molecule is Cc1ccc(CC(NN)C2COc3ccccc3O2)cc1. The lowest BCUT2D eigenvalue weighted by Crippen LogP contribution is -2.51. The third-order valence-corrected chi connectivity index (χ3v) is 3.77. The highest BCUT2D eigenvalue weighted by molar-refractivity contribution is 5.41. The maximum atomic E-state index is 6.01. The van der Waals surface area contributed by atoms with Crippen molar-refractivity contribution in [2.75, 3.05) is 6.61 Å². The van der Waals surface area contributed by atoms with Crippen LogP contribution in [-0.4, -0.2) is 18.8 Å². The van der Waals surface area contributed by atoms with E-state index >= 15 is 0 Å². The summed E-state index contributed by atoms with van der Waals surface area (Å²) in [5.74, 6) is 7.28. The van der Waals surface area contributed by atoms with Crippen LogP contribution in [0, 0.1) is 6.92 Å². The quantitative estimate of drug-likeness (QED) is 0.667. The Morgan fingerprint density at radius 3 is 2.57 bits per heavy atom. The van der Waals surface area contributed by atoms with E-state index in [4.69, 9.17) is 15.3 Å². The van der Waals surface area contributed by atoms with Crippen molar-refractivity contribution >= 4 is 0 Å². The van der Waals surface area contributed by atoms with Gasteiger partial charge in [-0.05, 0) is 31.0 Å². The molecule has 0 saturated heterocycles. The number of para-hydroxylation sites is 2. The average Bonchev–Trinajstić information content (AvgIpc) is 2.54. The number of hydrazine groups is 1. The van der Waals surface area contributed by atoms with E-state index in [-0.39, 0.29) is 12.1 Å². The molecule has 2 aromatic carbocycles. The molecule has 0 bridgehead atoms. The second-order valence-electron chi connectivity index (χ2n) is 5.38. The minimum atomic E-state index is -0.105. The molecule has 0 amide bonds. The van der Waals surface area contributed by atoms with Gasteiger partial charge >= 0.3 is 0 Å². The lowest BCUT2D eigenvalue weighted by molar-refractivity contribution is 0.0620. The van der Waals surface area contributed by atoms with Crippen molar-refractivity contribution in [2.24, 2.45) is 5.84 Å². The van der Waals surface area contributed by atoms with Gasteiger partial charge < -0.3 is 9.47 Å². The van der Waals surface area contributed by atoms with Crippen LogP contribution in [0.2, 0.25) is 0 Å². The van der Waals surface area contributed by atoms with Gasteiger partial charge in [-0.2, -0.15) is 0 Å². The van der Waals surface area contributed by atoms with E-state index in [2.05, 4.69) is 36.6 Å². The van der Waals surface area contributed by atoms with Gasteiger partial charge in [0.05, 0.1) is 6.04 Å². The number of nitrogens with one attached hydrogen (secondary N) is 1. The number of hydrogen-bond acceptors (Lipinski definition) is 4. The molecule has 4 nitrogen and oxygen atoms in total. The minimum absolute atomic E-state index is 0.000984. The molecule has 1 aliphatic heterocycles. The van der Waals surface area contributed by atoms with E-state index < -0.39 is 0 Å². The monoisotopic (exact) mass is 284 g/mol. The highest BCUT2D eigenvalue weighted by Crippen LogP contribution is 2.31. The zero-order valence-electron chi connectivity index (χ0n) is 12.1. The van der Waals surface area contributed by atoms with E-state index in [1.54, 1.807) is 0 Å². The van der Waals surface area contributed by atoms with E-state index in [0.717, 1.165) is 17.9 Å². The van der Waals surface area contributed by atoms with Gasteiger partial charge in [0.15, 0.2) is 11.5 Å². The molecule has 2 aromatic rings. The number of fused-ring (bicyclic) bond motifs is 1. The normalized spacial score (nSPS) is 18.3. The maximum absolute atomic E-state index is 6.01. The number of aryl methyl sites for hydroxylation is 1. The largest absolute Gasteiger partial charge is 0.486 e. The topological polar surface area (TPSA) is 56.5 Å². The summed E-state index contributed by atoms with van der Waals surface area (Å²) in [5.41, 5.74) is 5.34. The summed E-state index contributed by atoms with van der Waals surface area (Å²) in [6.45, 7) is 2.58. The zero-order valence-corrected chi connectivity index (χ0v) is 12.1. The van der Waals surface area contributed by atoms with Crippen LogP contribution in [0.15, 0.2) is 48.5 Å². The summed E-state index contributed by atoms with van der Waals surface area (Å²) in [6.07, 6.45) is 0.693. The number of hydrogen-bond donors (Lipinski definition) is 2. The molecule has 4 heteroatoms. The molecule has 0 spiro atoms. The van der Waals surface area contributed by atoms with Crippen LogP contribution in [-0.2, 0) is 6.42 Å². The Kier molecular flexibility index (Phi) is 4.08. The smallest absolute Gasteiger partial charge is 0.161 e. The number of nitrogens with two attached hydrogens (primary N) is 1. The van der Waals surface area contributed by atoms with Gasteiger partial charge in [0.25, 0.3) is 0 Å². The van der Waals surface area contributed by atoms with Crippen LogP contribution in [0.1, 0.15) is 11.1 Å². The molecule has 0 aliphatic carbocycles. The molecule has 110 valence electrons. The third-order valence-electron chi connectivity index (χ3n) is 3.77. The molecule has 3 N–H and O–H groups in total. The molecule has 0 fully saturated rings. The minimum Gasteiger partial charge on any atom is -0.486 e. The fraction of sp³-hybridized carbons (Fsp3) is 0.294. The van der Waals surface area contributed by atoms with Crippen molar-refractivity contribution in [3.63, 3.8) is 0 Å². The molecular weight excluding hydrogens is 264 g/mol. The van der Waals surface area contributed by atoms with Crippen molar-refractivity contribution in [1.29, 1.82) is 0 Å². The van der Waals surface area contributed by atoms with E-state index in [1.165, 1.54) is 11.1 Å². The molecule has 0 radical (unpaired) electrons. The van der Waals surface area contributed by atoms with E-state index in [0.29, 0.717) is 6.61 Å². The van der Waals surface area contributed by atoms with Crippen LogP contribution in [0.25, 0.3) is 0 Å². The molecule has 21 heavy (non-hydrogen) atoms. The van der Waals surface area contributed by atoms with Crippen molar-refractivity contribution in [1.82, 2.24) is 5.43 Å². The molecular formula is C17H20N2O2. The molecule has 0 aromatic heterocycles. The molecule has 1 heterocycles. The van der Waals surface area contributed by atoms with Crippen LogP contribution in [0.3, 0.4) is 0 Å². The molecule has 2 atom stereocenters. The maximum Gasteiger partial charge on any atom is 0.161 e. The van der Waals surface area contributed by atoms with Crippen LogP contribution in [0.5, 0.6) is 11.5 Å². The summed E-state index contributed by atoms with van der Waals surface area (Å²) in [5, 5.41) is 0. The Hall–Kier alpha value is -2.04. The Morgan fingerprint density at radius 1 is 1.14 bits per heavy atom. The fourth-order valence-corrected chi connectivity index (χ4v) is 2.51. The van der Waals surface area contributed by atoms with Crippen LogP contribution >= 0.6 is 0 Å². The predicted molar refractivity (Wildman–Crippen MR) is 82.3 cm³/mol. The highest BCUT2D eigenvalue weighted by atomic mass is 16.6. The van der Waals surface area contributed by atoms with Crippen LogP contribution < -0.4 is 20.7 Å². The van der Waals surface area contributed by atoms with E-state index in [1.807, 2.05) is 24.3 Å². The highest BCUT2D eigenvalue weighted by Gasteiger charge is 2.28. The standard InChI is InChI=1S/C17H20N2O2/c1-12-6-8-13(9-7-12)10-14(19-18)17-11-20-15-4-2-3-5-16(15)21-17/h2-9,14,17,19H,10-11,18H2,1H3. The Morgan fingerprint density at radius 2 is 1.86 bits per heavy atom. The average molecular weight is 284 g/mol. The summed E-state index contributed by atoms with van der Waals surface area (Å²) < 4.78 is 11.8. The summed E-state index contributed by atoms with van der Waals surface area (Å²) in [4.78, 5) is 0. The molecule has 2 unspecified atom stereocenters. The van der Waals surface area contributed by atoms with Gasteiger partial charge in [-0.3, -0.25) is 11.3 Å². The lowest BCUT2D eigenvalue weighted by Gasteiger charge is -2.32. The van der Waals surface area contributed by atoms with Crippen LogP contribution in [0.4, 0.5) is 0 Å². The summed E-state index contributed by atoms with van der Waals surface area (Å²) in [6, 6.07) is 16.2. The van der Waals surface area contributed by atoms with E-state index in [9.17, 15) is 0 Å². The van der Waals surface area contributed by atoms with Crippen molar-refractivity contribution < 1.29 is 9.47 Å². The zero-order chi connectivity index (χ0) is 14.7. The van der Waals surface area contributed by atoms with Gasteiger partial charge in [0, 0.05) is 0 Å². The molecule has 0 saturated carbocycles. The van der Waals surface area contributed by atoms with Gasteiger partial charge in [-0.25, -0.2) is 0 Å². The lowest BCUT2D eigenvalue weighted by atomic mass is 10.0. The summed E-state index contributed by atoms with van der Waals surface area (Å²) in [7, 11) is 0. The summed E-state index contributed by atoms with van der Waals surface area (Å²) >= 11 is 0. The predicted octanol–water partition coefficient (Wildman–Crippen LogP) is 2.21.